The van der Waals surface area contributed by atoms with Crippen LogP contribution < -0.4 is 5.73 Å². The van der Waals surface area contributed by atoms with E-state index in [9.17, 15) is 19.2 Å². The first-order valence-electron chi connectivity index (χ1n) is 12.9. The zero-order valence-corrected chi connectivity index (χ0v) is 23.9. The first kappa shape index (κ1) is 33.4. The van der Waals surface area contributed by atoms with Gasteiger partial charge in [-0.05, 0) is 44.9 Å². The summed E-state index contributed by atoms with van der Waals surface area (Å²) in [5, 5.41) is 0. The second kappa shape index (κ2) is 16.4. The van der Waals surface area contributed by atoms with E-state index < -0.39 is 23.3 Å². The van der Waals surface area contributed by atoms with E-state index in [-0.39, 0.29) is 23.7 Å². The maximum Gasteiger partial charge on any atom is 0.320 e. The number of carbonyl (C=O) groups is 4. The average Bonchev–Trinajstić information content (AvgIpc) is 2.97. The van der Waals surface area contributed by atoms with Crippen molar-refractivity contribution in [1.82, 2.24) is 4.90 Å². The van der Waals surface area contributed by atoms with Gasteiger partial charge in [-0.2, -0.15) is 0 Å². The number of Topliss-reactive ketones (excluding diaryl/α,β-unsaturated/α-hetero) is 1. The van der Waals surface area contributed by atoms with Crippen LogP contribution in [-0.2, 0) is 28.7 Å². The van der Waals surface area contributed by atoms with Gasteiger partial charge in [0.25, 0.3) is 0 Å². The molecule has 0 saturated carbocycles. The molecule has 212 valence electrons. The Bertz CT molecular complexity index is 1080. The van der Waals surface area contributed by atoms with Gasteiger partial charge in [0.05, 0.1) is 14.2 Å². The molecular weight excluding hydrogens is 496 g/mol. The van der Waals surface area contributed by atoms with Gasteiger partial charge in [0.2, 0.25) is 0 Å². The normalized spacial score (nSPS) is 19.0. The average molecular weight is 539 g/mol. The van der Waals surface area contributed by atoms with Crippen molar-refractivity contribution in [3.8, 4) is 0 Å². The van der Waals surface area contributed by atoms with Crippen molar-refractivity contribution in [2.24, 2.45) is 17.1 Å². The van der Waals surface area contributed by atoms with Gasteiger partial charge in [-0.15, -0.1) is 0 Å². The number of ether oxygens (including phenoxy) is 2. The number of allylic oxidation sites excluding steroid dienone is 1. The highest BCUT2D eigenvalue weighted by Crippen LogP contribution is 2.32. The second-order valence-electron chi connectivity index (χ2n) is 9.60. The fourth-order valence-electron chi connectivity index (χ4n) is 4.00. The molecule has 1 fully saturated rings. The molecule has 4 unspecified atom stereocenters. The molecule has 2 N–H and O–H groups in total. The number of piperidine rings is 1. The molecule has 0 amide bonds. The summed E-state index contributed by atoms with van der Waals surface area (Å²) in [4.78, 5) is 47.5. The molecule has 4 atom stereocenters. The molecule has 2 aromatic rings. The van der Waals surface area contributed by atoms with Crippen molar-refractivity contribution in [1.29, 1.82) is 0 Å². The van der Waals surface area contributed by atoms with Crippen molar-refractivity contribution in [3.05, 3.63) is 84.4 Å². The topological polar surface area (TPSA) is 116 Å². The van der Waals surface area contributed by atoms with Crippen LogP contribution in [-0.4, -0.2) is 55.7 Å². The Morgan fingerprint density at radius 2 is 1.46 bits per heavy atom. The molecule has 39 heavy (non-hydrogen) atoms. The number of likely N-dealkylation sites (tertiary alicyclic amines) is 1. The van der Waals surface area contributed by atoms with E-state index in [1.54, 1.807) is 6.92 Å². The van der Waals surface area contributed by atoms with Crippen LogP contribution in [0.5, 0.6) is 0 Å². The van der Waals surface area contributed by atoms with E-state index in [2.05, 4.69) is 35.3 Å². The molecule has 2 aromatic carbocycles. The van der Waals surface area contributed by atoms with E-state index in [4.69, 9.17) is 10.5 Å². The van der Waals surface area contributed by atoms with Gasteiger partial charge in [-0.1, -0.05) is 67.2 Å². The van der Waals surface area contributed by atoms with Crippen molar-refractivity contribution in [2.45, 2.75) is 46.2 Å². The summed E-state index contributed by atoms with van der Waals surface area (Å²) in [5.74, 6) is -2.02. The van der Waals surface area contributed by atoms with Gasteiger partial charge < -0.3 is 15.2 Å². The summed E-state index contributed by atoms with van der Waals surface area (Å²) in [6.45, 7) is 11.6. The molecule has 8 nitrogen and oxygen atoms in total. The lowest BCUT2D eigenvalue weighted by Gasteiger charge is -2.40. The van der Waals surface area contributed by atoms with Gasteiger partial charge in [0, 0.05) is 31.6 Å². The van der Waals surface area contributed by atoms with Crippen LogP contribution in [0.25, 0.3) is 0 Å². The van der Waals surface area contributed by atoms with Crippen LogP contribution in [0.4, 0.5) is 0 Å². The number of rotatable bonds is 7. The monoisotopic (exact) mass is 538 g/mol. The molecule has 1 aliphatic rings. The number of carbonyl (C=O) groups excluding carboxylic acids is 4. The predicted molar refractivity (Wildman–Crippen MR) is 152 cm³/mol. The Morgan fingerprint density at radius 3 is 1.87 bits per heavy atom. The zero-order valence-electron chi connectivity index (χ0n) is 23.9. The van der Waals surface area contributed by atoms with Gasteiger partial charge in [-0.3, -0.25) is 24.1 Å². The number of nitrogens with two attached hydrogens (primary N) is 1. The highest BCUT2D eigenvalue weighted by atomic mass is 16.5. The second-order valence-corrected chi connectivity index (χ2v) is 9.60. The third kappa shape index (κ3) is 9.89. The van der Waals surface area contributed by atoms with E-state index in [1.165, 1.54) is 32.3 Å². The lowest BCUT2D eigenvalue weighted by atomic mass is 9.80. The summed E-state index contributed by atoms with van der Waals surface area (Å²) in [7, 11) is 2.58. The van der Waals surface area contributed by atoms with Crippen LogP contribution in [0, 0.1) is 11.3 Å². The largest absolute Gasteiger partial charge is 0.468 e. The minimum absolute atomic E-state index is 0.0270. The van der Waals surface area contributed by atoms with Crippen LogP contribution in [0.1, 0.15) is 57.3 Å². The summed E-state index contributed by atoms with van der Waals surface area (Å²) in [6, 6.07) is 20.5. The maximum absolute atomic E-state index is 12.1. The highest BCUT2D eigenvalue weighted by molar-refractivity contribution is 6.04. The third-order valence-corrected chi connectivity index (χ3v) is 6.73. The van der Waals surface area contributed by atoms with Gasteiger partial charge in [0.1, 0.15) is 11.3 Å². The highest BCUT2D eigenvalue weighted by Gasteiger charge is 2.46. The van der Waals surface area contributed by atoms with Gasteiger partial charge in [0.15, 0.2) is 11.6 Å². The zero-order chi connectivity index (χ0) is 29.6. The third-order valence-electron chi connectivity index (χ3n) is 6.73. The van der Waals surface area contributed by atoms with Crippen LogP contribution in [0.2, 0.25) is 0 Å². The quantitative estimate of drug-likeness (QED) is 0.312. The van der Waals surface area contributed by atoms with Crippen LogP contribution in [0.3, 0.4) is 0 Å². The Kier molecular flexibility index (Phi) is 14.0. The number of hydrogen-bond acceptors (Lipinski definition) is 8. The van der Waals surface area contributed by atoms with Crippen LogP contribution in [0.15, 0.2) is 73.3 Å². The molecule has 8 heteroatoms. The molecular formula is C31H42N2O6. The number of benzene rings is 2. The molecule has 0 aliphatic carbocycles. The Labute approximate surface area is 232 Å². The van der Waals surface area contributed by atoms with Crippen molar-refractivity contribution >= 4 is 23.5 Å². The first-order valence-corrected chi connectivity index (χ1v) is 12.9. The minimum Gasteiger partial charge on any atom is -0.468 e. The van der Waals surface area contributed by atoms with Crippen molar-refractivity contribution < 1.29 is 28.7 Å². The lowest BCUT2D eigenvalue weighted by Crippen LogP contribution is -2.52. The molecule has 0 bridgehead atoms. The van der Waals surface area contributed by atoms with E-state index >= 15 is 0 Å². The van der Waals surface area contributed by atoms with Crippen molar-refractivity contribution in [2.75, 3.05) is 27.3 Å². The predicted octanol–water partition coefficient (Wildman–Crippen LogP) is 4.46. The lowest BCUT2D eigenvalue weighted by molar-refractivity contribution is -0.161. The fraction of sp³-hybridized carbons (Fsp3) is 0.419. The number of ketones is 2. The van der Waals surface area contributed by atoms with E-state index in [0.717, 1.165) is 6.08 Å². The molecule has 1 aliphatic heterocycles. The van der Waals surface area contributed by atoms with Crippen LogP contribution >= 0.6 is 0 Å². The number of nitrogens with zero attached hydrogens (tertiary/aromatic N) is 1. The fourth-order valence-corrected chi connectivity index (χ4v) is 4.00. The summed E-state index contributed by atoms with van der Waals surface area (Å²) in [5.41, 5.74) is 6.95. The summed E-state index contributed by atoms with van der Waals surface area (Å²) < 4.78 is 9.14. The van der Waals surface area contributed by atoms with Gasteiger partial charge >= 0.3 is 11.9 Å². The Morgan fingerprint density at radius 1 is 0.949 bits per heavy atom. The molecule has 1 heterocycles. The minimum atomic E-state index is -1.05. The summed E-state index contributed by atoms with van der Waals surface area (Å²) in [6.07, 6.45) is 1.50. The number of methoxy groups -OCH3 is 2. The first-order chi connectivity index (χ1) is 18.4. The van der Waals surface area contributed by atoms with E-state index in [1.807, 2.05) is 55.5 Å². The molecule has 1 saturated heterocycles. The number of esters is 2. The van der Waals surface area contributed by atoms with E-state index in [0.29, 0.717) is 19.5 Å². The van der Waals surface area contributed by atoms with Crippen molar-refractivity contribution in [3.63, 3.8) is 0 Å². The smallest absolute Gasteiger partial charge is 0.320 e. The maximum atomic E-state index is 12.1. The summed E-state index contributed by atoms with van der Waals surface area (Å²) >= 11 is 0. The standard InChI is InChI=1S/C16H21NO3.C8H11N.C7H10O3/c1-12(13-7-5-4-6-8-13)17-10-9-14(18)16(2,11-17)15(19)20-3;1-7(9)8-5-3-2-4-6-8;1-4-6(8)5(2)7(9)10-3/h4-8,12H,9-11H2,1-3H3;2-7H,9H2,1H3;4-5H,1H2,2-3H3. The molecule has 3 rings (SSSR count). The Hall–Kier alpha value is -3.62. The Balaban J connectivity index is 0.000000335. The molecule has 0 spiro atoms. The van der Waals surface area contributed by atoms with Gasteiger partial charge in [-0.25, -0.2) is 0 Å². The molecule has 0 radical (unpaired) electrons. The SMILES string of the molecule is C=CC(=O)C(C)C(=O)OC.CC(N)c1ccccc1.COC(=O)C1(C)CN(C(C)c2ccccc2)CCC1=O. The number of hydrogen-bond donors (Lipinski definition) is 1. The molecule has 0 aromatic heterocycles.